The average Bonchev–Trinajstić information content (AvgIpc) is 2.68. The molecule has 32 heavy (non-hydrogen) atoms. The number of benzene rings is 3. The molecule has 0 saturated carbocycles. The minimum Gasteiger partial charge on any atom is -0.323 e. The van der Waals surface area contributed by atoms with Gasteiger partial charge in [0.25, 0.3) is 10.0 Å². The van der Waals surface area contributed by atoms with Crippen LogP contribution in [-0.4, -0.2) is 18.9 Å². The largest absolute Gasteiger partial charge is 0.323 e. The zero-order valence-corrected chi connectivity index (χ0v) is 21.4. The summed E-state index contributed by atoms with van der Waals surface area (Å²) in [5.74, 6) is 0. The van der Waals surface area contributed by atoms with Gasteiger partial charge in [0, 0.05) is 11.2 Å². The van der Waals surface area contributed by atoms with Crippen LogP contribution in [0.2, 0.25) is 0 Å². The number of nitrogens with one attached hydrogen (secondary N) is 2. The van der Waals surface area contributed by atoms with Crippen molar-refractivity contribution in [2.45, 2.75) is 51.3 Å². The lowest BCUT2D eigenvalue weighted by Crippen LogP contribution is -2.23. The van der Waals surface area contributed by atoms with Gasteiger partial charge in [-0.15, -0.1) is 0 Å². The fourth-order valence-corrected chi connectivity index (χ4v) is 7.08. The van der Waals surface area contributed by atoms with Crippen molar-refractivity contribution in [3.63, 3.8) is 0 Å². The Kier molecular flexibility index (Phi) is 6.54. The Balaban J connectivity index is 1.96. The number of sulfonamides is 1. The maximum atomic E-state index is 13.6. The summed E-state index contributed by atoms with van der Waals surface area (Å²) in [5.41, 5.74) is 7.32. The van der Waals surface area contributed by atoms with Crippen LogP contribution in [-0.2, 0) is 20.1 Å². The lowest BCUT2D eigenvalue weighted by Gasteiger charge is -2.25. The van der Waals surface area contributed by atoms with Crippen LogP contribution in [0.15, 0.2) is 58.3 Å². The molecule has 3 aromatic rings. The van der Waals surface area contributed by atoms with Gasteiger partial charge in [-0.05, 0) is 92.1 Å². The molecule has 0 atom stereocenters. The molecule has 0 aliphatic carbocycles. The molecule has 0 spiro atoms. The number of rotatable bonds is 6. The molecule has 0 aliphatic heterocycles. The van der Waals surface area contributed by atoms with E-state index in [4.69, 9.17) is 0 Å². The van der Waals surface area contributed by atoms with Gasteiger partial charge in [-0.25, -0.2) is 8.42 Å². The number of aryl methyl sites for hydroxylation is 6. The summed E-state index contributed by atoms with van der Waals surface area (Å²) in [6.45, 7) is 11.7. The normalized spacial score (nSPS) is 12.5. The van der Waals surface area contributed by atoms with E-state index in [0.717, 1.165) is 39.1 Å². The van der Waals surface area contributed by atoms with Crippen LogP contribution in [0.25, 0.3) is 0 Å². The van der Waals surface area contributed by atoms with Gasteiger partial charge < -0.3 is 4.72 Å². The Labute approximate surface area is 192 Å². The zero-order chi connectivity index (χ0) is 23.8. The summed E-state index contributed by atoms with van der Waals surface area (Å²) < 4.78 is 45.8. The average molecular weight is 473 g/mol. The van der Waals surface area contributed by atoms with E-state index in [1.165, 1.54) is 12.1 Å². The standard InChI is InChI=1S/C25H32N2O3S2/c1-16-11-18(3)24(19(4)12-16)26-31(7,28)22-9-8-10-23(15-22)32(29,30)27-25-20(5)13-17(2)14-21(25)6/h8-15,27,31H,1-7H3,(H,26,28). The van der Waals surface area contributed by atoms with E-state index >= 15 is 0 Å². The number of hydrogen-bond donors (Lipinski definition) is 3. The van der Waals surface area contributed by atoms with Crippen molar-refractivity contribution in [3.8, 4) is 0 Å². The highest BCUT2D eigenvalue weighted by atomic mass is 32.3. The lowest BCUT2D eigenvalue weighted by atomic mass is 10.1. The van der Waals surface area contributed by atoms with Gasteiger partial charge in [0.2, 0.25) is 0 Å². The van der Waals surface area contributed by atoms with E-state index in [0.29, 0.717) is 10.6 Å². The van der Waals surface area contributed by atoms with E-state index < -0.39 is 20.1 Å². The predicted octanol–water partition coefficient (Wildman–Crippen LogP) is 5.37. The van der Waals surface area contributed by atoms with Crippen LogP contribution in [0.1, 0.15) is 33.4 Å². The summed E-state index contributed by atoms with van der Waals surface area (Å²) in [6, 6.07) is 14.3. The van der Waals surface area contributed by atoms with Gasteiger partial charge in [0.05, 0.1) is 16.3 Å². The Hall–Kier alpha value is -2.64. The topological polar surface area (TPSA) is 75.3 Å². The van der Waals surface area contributed by atoms with E-state index in [-0.39, 0.29) is 4.90 Å². The molecule has 0 heterocycles. The van der Waals surface area contributed by atoms with Crippen LogP contribution in [0.4, 0.5) is 11.4 Å². The fraction of sp³-hybridized carbons (Fsp3) is 0.280. The number of hydrogen-bond acceptors (Lipinski definition) is 3. The van der Waals surface area contributed by atoms with E-state index in [2.05, 4.69) is 9.44 Å². The molecule has 2 N–H and O–H groups in total. The summed E-state index contributed by atoms with van der Waals surface area (Å²) in [6.07, 6.45) is 1.62. The molecule has 3 aromatic carbocycles. The van der Waals surface area contributed by atoms with Crippen molar-refractivity contribution in [3.05, 3.63) is 81.9 Å². The van der Waals surface area contributed by atoms with Crippen LogP contribution in [0.3, 0.4) is 0 Å². The van der Waals surface area contributed by atoms with E-state index in [1.54, 1.807) is 18.4 Å². The first kappa shape index (κ1) is 24.0. The highest BCUT2D eigenvalue weighted by Crippen LogP contribution is 2.29. The quantitative estimate of drug-likeness (QED) is 0.422. The van der Waals surface area contributed by atoms with Crippen LogP contribution in [0, 0.1) is 41.5 Å². The molecule has 0 bridgehead atoms. The molecule has 172 valence electrons. The Morgan fingerprint density at radius 3 is 1.69 bits per heavy atom. The molecule has 3 rings (SSSR count). The summed E-state index contributed by atoms with van der Waals surface area (Å²) in [7, 11) is -6.93. The summed E-state index contributed by atoms with van der Waals surface area (Å²) in [5, 5.41) is 0. The molecule has 0 unspecified atom stereocenters. The first-order valence-corrected chi connectivity index (χ1v) is 14.1. The summed E-state index contributed by atoms with van der Waals surface area (Å²) in [4.78, 5) is 0.535. The Morgan fingerprint density at radius 1 is 0.719 bits per heavy atom. The van der Waals surface area contributed by atoms with Crippen molar-refractivity contribution in [2.75, 3.05) is 15.7 Å². The van der Waals surface area contributed by atoms with E-state index in [9.17, 15) is 12.6 Å². The van der Waals surface area contributed by atoms with Gasteiger partial charge >= 0.3 is 0 Å². The maximum Gasteiger partial charge on any atom is 0.261 e. The van der Waals surface area contributed by atoms with Crippen LogP contribution in [0.5, 0.6) is 0 Å². The summed E-state index contributed by atoms with van der Waals surface area (Å²) >= 11 is 0. The molecule has 0 saturated heterocycles. The van der Waals surface area contributed by atoms with Crippen LogP contribution < -0.4 is 9.44 Å². The van der Waals surface area contributed by atoms with Crippen molar-refractivity contribution >= 4 is 31.5 Å². The first-order chi connectivity index (χ1) is 14.8. The van der Waals surface area contributed by atoms with Gasteiger partial charge in [-0.2, -0.15) is 0 Å². The minimum atomic E-state index is -3.85. The highest BCUT2D eigenvalue weighted by molar-refractivity contribution is 8.03. The molecular formula is C25H32N2O3S2. The molecule has 0 amide bonds. The number of anilines is 2. The molecule has 5 nitrogen and oxygen atoms in total. The lowest BCUT2D eigenvalue weighted by molar-refractivity contribution is 0.601. The predicted molar refractivity (Wildman–Crippen MR) is 136 cm³/mol. The molecule has 0 aliphatic rings. The van der Waals surface area contributed by atoms with Gasteiger partial charge in [-0.1, -0.05) is 41.5 Å². The van der Waals surface area contributed by atoms with E-state index in [1.807, 2.05) is 65.8 Å². The third kappa shape index (κ3) is 5.05. The second kappa shape index (κ2) is 8.71. The van der Waals surface area contributed by atoms with Crippen molar-refractivity contribution in [2.24, 2.45) is 0 Å². The Bertz CT molecular complexity index is 1300. The van der Waals surface area contributed by atoms with Crippen molar-refractivity contribution in [1.82, 2.24) is 0 Å². The SMILES string of the molecule is Cc1cc(C)c(NS(=O)(=O)c2cccc([SH](C)(=O)Nc3c(C)cc(C)cc3C)c2)c(C)c1. The molecule has 0 fully saturated rings. The van der Waals surface area contributed by atoms with Gasteiger partial charge in [0.1, 0.15) is 0 Å². The monoisotopic (exact) mass is 472 g/mol. The minimum absolute atomic E-state index is 0.0793. The molecule has 0 radical (unpaired) electrons. The smallest absolute Gasteiger partial charge is 0.261 e. The molecular weight excluding hydrogens is 440 g/mol. The first-order valence-electron chi connectivity index (χ1n) is 10.4. The fourth-order valence-electron chi connectivity index (χ4n) is 4.08. The second-order valence-corrected chi connectivity index (χ2v) is 13.0. The molecule has 0 aromatic heterocycles. The van der Waals surface area contributed by atoms with Gasteiger partial charge in [0.15, 0.2) is 0 Å². The third-order valence-corrected chi connectivity index (χ3v) is 8.80. The van der Waals surface area contributed by atoms with Crippen molar-refractivity contribution in [1.29, 1.82) is 0 Å². The van der Waals surface area contributed by atoms with Gasteiger partial charge in [-0.3, -0.25) is 8.93 Å². The molecule has 7 heteroatoms. The zero-order valence-electron chi connectivity index (χ0n) is 19.7. The second-order valence-electron chi connectivity index (χ2n) is 8.69. The Morgan fingerprint density at radius 2 is 1.19 bits per heavy atom. The van der Waals surface area contributed by atoms with Crippen LogP contribution >= 0.6 is 0 Å². The van der Waals surface area contributed by atoms with Crippen molar-refractivity contribution < 1.29 is 12.6 Å². The highest BCUT2D eigenvalue weighted by Gasteiger charge is 2.21. The number of thiol groups is 1. The third-order valence-electron chi connectivity index (χ3n) is 5.54. The maximum absolute atomic E-state index is 13.6.